The molecule has 0 spiro atoms. The second-order valence-electron chi connectivity index (χ2n) is 31.6. The van der Waals surface area contributed by atoms with Crippen LogP contribution in [0.25, 0.3) is 49.6 Å². The van der Waals surface area contributed by atoms with E-state index in [1.807, 2.05) is 206 Å². The van der Waals surface area contributed by atoms with E-state index < -0.39 is 0 Å². The molecular weight excluding hydrogens is 1690 g/mol. The van der Waals surface area contributed by atoms with Crippen molar-refractivity contribution in [1.29, 1.82) is 0 Å². The van der Waals surface area contributed by atoms with Gasteiger partial charge in [0.05, 0.1) is 28.1 Å². The maximum atomic E-state index is 11.4. The smallest absolute Gasteiger partial charge is 0.656 e. The zero-order valence-corrected chi connectivity index (χ0v) is 76.0. The van der Waals surface area contributed by atoms with Crippen LogP contribution in [0.5, 0.6) is 11.5 Å². The molecule has 12 aromatic carbocycles. The summed E-state index contributed by atoms with van der Waals surface area (Å²) in [5.74, 6) is 0.615. The van der Waals surface area contributed by atoms with Crippen LogP contribution >= 0.6 is 0 Å². The van der Waals surface area contributed by atoms with Gasteiger partial charge in [0, 0.05) is 59.2 Å². The average Bonchev–Trinajstić information content (AvgIpc) is 0.768. The van der Waals surface area contributed by atoms with Gasteiger partial charge in [0.25, 0.3) is 0 Å². The van der Waals surface area contributed by atoms with Gasteiger partial charge in [-0.05, 0) is 107 Å². The molecule has 0 radical (unpaired) electrons. The van der Waals surface area contributed by atoms with Gasteiger partial charge >= 0.3 is 25.8 Å². The van der Waals surface area contributed by atoms with Crippen LogP contribution in [-0.2, 0) is 73.3 Å². The van der Waals surface area contributed by atoms with Gasteiger partial charge in [-0.15, -0.1) is 84.2 Å². The van der Waals surface area contributed by atoms with E-state index in [9.17, 15) is 10.2 Å². The van der Waals surface area contributed by atoms with Crippen LogP contribution in [0.1, 0.15) is 161 Å². The second kappa shape index (κ2) is 43.4. The van der Waals surface area contributed by atoms with Crippen molar-refractivity contribution < 1.29 is 61.9 Å². The summed E-state index contributed by atoms with van der Waals surface area (Å²) in [5, 5.41) is 33.4. The quantitative estimate of drug-likeness (QED) is 0.114. The van der Waals surface area contributed by atoms with Crippen molar-refractivity contribution in [3.8, 4) is 34.0 Å². The van der Waals surface area contributed by atoms with Gasteiger partial charge in [0.2, 0.25) is 0 Å². The van der Waals surface area contributed by atoms with E-state index in [0.717, 1.165) is 123 Å². The molecule has 0 aliphatic carbocycles. The molecule has 0 atom stereocenters. The Morgan fingerprint density at radius 1 is 0.312 bits per heavy atom. The van der Waals surface area contributed by atoms with Crippen molar-refractivity contribution in [2.75, 3.05) is 5.32 Å². The second-order valence-corrected chi connectivity index (χ2v) is 31.6. The van der Waals surface area contributed by atoms with E-state index in [1.165, 1.54) is 22.3 Å². The number of nitrogens with one attached hydrogen (secondary N) is 1. The predicted molar refractivity (Wildman–Crippen MR) is 476 cm³/mol. The van der Waals surface area contributed by atoms with E-state index in [4.69, 9.17) is 15.3 Å². The van der Waals surface area contributed by atoms with Crippen molar-refractivity contribution in [2.45, 2.75) is 132 Å². The van der Waals surface area contributed by atoms with Crippen LogP contribution in [0.4, 0.5) is 22.7 Å². The van der Waals surface area contributed by atoms with Gasteiger partial charge in [-0.25, -0.2) is 9.97 Å². The number of para-hydroxylation sites is 4. The van der Waals surface area contributed by atoms with Crippen LogP contribution in [0, 0.1) is 69.2 Å². The first-order chi connectivity index (χ1) is 52.1. The van der Waals surface area contributed by atoms with Crippen molar-refractivity contribution in [3.63, 3.8) is 0 Å². The fraction of sp³-hybridized carbons (Fsp3) is 0.192. The molecule has 14 aromatic rings. The van der Waals surface area contributed by atoms with E-state index >= 15 is 0 Å². The van der Waals surface area contributed by atoms with Crippen molar-refractivity contribution in [1.82, 2.24) is 9.97 Å². The third kappa shape index (κ3) is 28.7. The zero-order valence-electron chi connectivity index (χ0n) is 68.8. The minimum Gasteiger partial charge on any atom is -0.656 e. The molecule has 2 aromatic heterocycles. The predicted octanol–water partition coefficient (Wildman–Crippen LogP) is 28.9. The molecule has 0 amide bonds. The number of benzene rings is 12. The molecule has 0 bridgehead atoms. The van der Waals surface area contributed by atoms with Crippen LogP contribution in [0.2, 0.25) is 0 Å². The Balaban J connectivity index is 0.000000261. The average molecular weight is 1810 g/mol. The number of rotatable bonds is 6. The maximum Gasteiger partial charge on any atom is 4.00 e. The molecule has 2 heterocycles. The van der Waals surface area contributed by atoms with Gasteiger partial charge in [-0.1, -0.05) is 222 Å². The Hall–Kier alpha value is -10.4. The van der Waals surface area contributed by atoms with Crippen molar-refractivity contribution >= 4 is 44.6 Å². The largest absolute Gasteiger partial charge is 4.00 e. The number of hydrogen-bond donors (Lipinski definition) is 3. The third-order valence-electron chi connectivity index (χ3n) is 18.0. The van der Waals surface area contributed by atoms with Gasteiger partial charge in [-0.2, -0.15) is 148 Å². The van der Waals surface area contributed by atoms with Crippen LogP contribution in [0.3, 0.4) is 0 Å². The summed E-state index contributed by atoms with van der Waals surface area (Å²) < 4.78 is 0. The number of anilines is 2. The fourth-order valence-corrected chi connectivity index (χ4v) is 11.6. The topological polar surface area (TPSA) is 92.4 Å². The number of nitrogens with zero attached hydrogens (tertiary/aromatic N) is 3. The summed E-state index contributed by atoms with van der Waals surface area (Å²) in [6, 6.07) is 101. The Morgan fingerprint density at radius 2 is 0.598 bits per heavy atom. The number of aromatic hydroxyl groups is 2. The number of aromatic nitrogens is 2. The first-order valence-electron chi connectivity index (χ1n) is 37.5. The minimum absolute atomic E-state index is 0. The van der Waals surface area contributed by atoms with Gasteiger partial charge < -0.3 is 20.8 Å². The van der Waals surface area contributed by atoms with Gasteiger partial charge in [0.15, 0.2) is 0 Å². The Bertz CT molecular complexity index is 4610. The van der Waals surface area contributed by atoms with Crippen LogP contribution in [0.15, 0.2) is 303 Å². The van der Waals surface area contributed by atoms with Gasteiger partial charge in [0.1, 0.15) is 11.5 Å². The zero-order chi connectivity index (χ0) is 80.3. The standard InChI is InChI=1S/C31H36N2O.C31H35N2O.6C7H7.2Hf/c2*1-19-11-9-12-20(2)27(19)33-26-14-10-13-21-15-16-25(32-28(21)26)23-17-22(30(3,4)5)18-24(29(23)34)31(6,7)8;6*1-7-5-3-2-4-6-7;;/h9-18,33-34H,1-8H3;9-18H,1-8H3,(H,32,34);6*2-6H,1H2;;/q;7*-1;;+4. The van der Waals surface area contributed by atoms with E-state index in [1.54, 1.807) is 0 Å². The van der Waals surface area contributed by atoms with Crippen LogP contribution in [-0.4, -0.2) is 20.2 Å². The number of hydrogen-bond acceptors (Lipinski definition) is 5. The molecule has 3 N–H and O–H groups in total. The molecule has 6 nitrogen and oxygen atoms in total. The van der Waals surface area contributed by atoms with Gasteiger partial charge in [-0.3, -0.25) is 0 Å². The molecule has 0 unspecified atom stereocenters. The molecule has 0 saturated carbocycles. The molecular formula is C104H113Hf2N4O2-3. The molecule has 572 valence electrons. The normalized spacial score (nSPS) is 10.6. The summed E-state index contributed by atoms with van der Waals surface area (Å²) in [7, 11) is 0. The maximum absolute atomic E-state index is 11.4. The summed E-state index contributed by atoms with van der Waals surface area (Å²) in [6.07, 6.45) is 0. The minimum atomic E-state index is -0.195. The molecule has 14 rings (SSSR count). The molecule has 8 heteroatoms. The first kappa shape index (κ1) is 92.2. The molecule has 0 fully saturated rings. The summed E-state index contributed by atoms with van der Waals surface area (Å²) in [5.41, 5.74) is 23.5. The Labute approximate surface area is 710 Å². The SMILES string of the molecule is Cc1cccc(C)c1Nc1cccc2ccc(-c3cc(C(C)(C)C)cc(C(C)(C)C)c3O)nc12.Cc1cccc(C)c1[N-]c1cccc2ccc(-c3cc(C(C)(C)C)cc(C(C)(C)C)c3O)nc12.[CH2-]c1ccccc1.[CH2-]c1ccccc1.[CH2-]c1ccccc1.[CH2-]c1ccccc1.[CH2-]c1ccccc1.[CH2-]c1ccccc1.[Hf+4].[Hf]. The van der Waals surface area contributed by atoms with Crippen molar-refractivity contribution in [3.05, 3.63) is 428 Å². The Morgan fingerprint density at radius 3 is 0.893 bits per heavy atom. The van der Waals surface area contributed by atoms with Crippen molar-refractivity contribution in [2.24, 2.45) is 0 Å². The first-order valence-corrected chi connectivity index (χ1v) is 37.5. The van der Waals surface area contributed by atoms with E-state index in [-0.39, 0.29) is 73.3 Å². The van der Waals surface area contributed by atoms with Crippen LogP contribution < -0.4 is 5.32 Å². The molecule has 0 saturated heterocycles. The third-order valence-corrected chi connectivity index (χ3v) is 18.0. The number of phenolic OH excluding ortho intramolecular Hbond substituents is 2. The summed E-state index contributed by atoms with van der Waals surface area (Å²) >= 11 is 0. The van der Waals surface area contributed by atoms with E-state index in [0.29, 0.717) is 11.5 Å². The number of pyridine rings is 2. The Kier molecular flexibility index (Phi) is 35.8. The van der Waals surface area contributed by atoms with E-state index in [2.05, 4.69) is 255 Å². The molecule has 0 aliphatic rings. The summed E-state index contributed by atoms with van der Waals surface area (Å²) in [4.78, 5) is 10.1. The summed E-state index contributed by atoms with van der Waals surface area (Å²) in [6.45, 7) is 56.7. The molecule has 112 heavy (non-hydrogen) atoms. The number of aryl methyl sites for hydroxylation is 4. The molecule has 0 aliphatic heterocycles. The number of fused-ring (bicyclic) bond motifs is 2. The fourth-order valence-electron chi connectivity index (χ4n) is 11.6. The monoisotopic (exact) mass is 1810 g/mol. The number of phenols is 2.